The minimum atomic E-state index is -0.139. The molecule has 1 atom stereocenters. The molecule has 0 saturated heterocycles. The monoisotopic (exact) mass is 359 g/mol. The van der Waals surface area contributed by atoms with Crippen molar-refractivity contribution < 1.29 is 14.3 Å². The summed E-state index contributed by atoms with van der Waals surface area (Å²) in [6.07, 6.45) is 0.753. The molecule has 27 heavy (non-hydrogen) atoms. The summed E-state index contributed by atoms with van der Waals surface area (Å²) in [6, 6.07) is 25.5. The number of benzene rings is 3. The van der Waals surface area contributed by atoms with Crippen molar-refractivity contribution in [1.29, 1.82) is 0 Å². The molecule has 0 aromatic heterocycles. The lowest BCUT2D eigenvalue weighted by Gasteiger charge is -2.26. The van der Waals surface area contributed by atoms with Crippen LogP contribution >= 0.6 is 0 Å². The van der Waals surface area contributed by atoms with Crippen LogP contribution in [-0.4, -0.2) is 19.1 Å². The van der Waals surface area contributed by atoms with E-state index in [1.807, 2.05) is 78.9 Å². The minimum Gasteiger partial charge on any atom is -0.493 e. The summed E-state index contributed by atoms with van der Waals surface area (Å²) in [6.45, 7) is 0.572. The minimum absolute atomic E-state index is 0.0244. The van der Waals surface area contributed by atoms with Gasteiger partial charge in [-0.15, -0.1) is 0 Å². The van der Waals surface area contributed by atoms with E-state index < -0.39 is 0 Å². The Morgan fingerprint density at radius 1 is 0.963 bits per heavy atom. The van der Waals surface area contributed by atoms with Crippen LogP contribution < -0.4 is 14.8 Å². The van der Waals surface area contributed by atoms with Gasteiger partial charge in [-0.1, -0.05) is 66.7 Å². The fraction of sp³-hybridized carbons (Fsp3) is 0.174. The second-order valence-corrected chi connectivity index (χ2v) is 6.45. The summed E-state index contributed by atoms with van der Waals surface area (Å²) in [7, 11) is 0. The van der Waals surface area contributed by atoms with Gasteiger partial charge in [0.05, 0.1) is 12.6 Å². The highest BCUT2D eigenvalue weighted by Gasteiger charge is 2.22. The van der Waals surface area contributed by atoms with Crippen LogP contribution in [0.1, 0.15) is 18.0 Å². The number of carbonyl (C=O) groups is 1. The van der Waals surface area contributed by atoms with Crippen LogP contribution in [0.5, 0.6) is 11.5 Å². The maximum atomic E-state index is 12.5. The maximum Gasteiger partial charge on any atom is 0.258 e. The number of amides is 1. The first kappa shape index (κ1) is 17.2. The summed E-state index contributed by atoms with van der Waals surface area (Å²) in [5, 5.41) is 3.06. The molecule has 1 heterocycles. The molecule has 0 saturated carbocycles. The average Bonchev–Trinajstić information content (AvgIpc) is 2.73. The van der Waals surface area contributed by atoms with Crippen molar-refractivity contribution >= 4 is 5.91 Å². The van der Waals surface area contributed by atoms with E-state index in [2.05, 4.69) is 5.32 Å². The Kier molecular flexibility index (Phi) is 5.06. The van der Waals surface area contributed by atoms with Gasteiger partial charge in [-0.3, -0.25) is 4.79 Å². The number of ether oxygens (including phenoxy) is 2. The number of fused-ring (bicyclic) bond motifs is 1. The van der Waals surface area contributed by atoms with Crippen molar-refractivity contribution in [2.24, 2.45) is 0 Å². The Bertz CT molecular complexity index is 924. The van der Waals surface area contributed by atoms with E-state index in [-0.39, 0.29) is 18.6 Å². The van der Waals surface area contributed by atoms with Crippen LogP contribution in [0.25, 0.3) is 11.1 Å². The van der Waals surface area contributed by atoms with E-state index in [1.54, 1.807) is 0 Å². The Balaban J connectivity index is 1.43. The van der Waals surface area contributed by atoms with E-state index in [1.165, 1.54) is 0 Å². The van der Waals surface area contributed by atoms with Gasteiger partial charge in [-0.05, 0) is 17.7 Å². The highest BCUT2D eigenvalue weighted by atomic mass is 16.5. The first-order chi connectivity index (χ1) is 13.3. The summed E-state index contributed by atoms with van der Waals surface area (Å²) in [4.78, 5) is 12.5. The summed E-state index contributed by atoms with van der Waals surface area (Å²) in [5.41, 5.74) is 3.05. The zero-order valence-corrected chi connectivity index (χ0v) is 14.9. The second kappa shape index (κ2) is 7.96. The van der Waals surface area contributed by atoms with Gasteiger partial charge in [-0.25, -0.2) is 0 Å². The van der Waals surface area contributed by atoms with Crippen molar-refractivity contribution in [3.63, 3.8) is 0 Å². The van der Waals surface area contributed by atoms with Crippen molar-refractivity contribution in [1.82, 2.24) is 5.32 Å². The van der Waals surface area contributed by atoms with Crippen LogP contribution in [0.3, 0.4) is 0 Å². The standard InChI is InChI=1S/C23H21NO3/c25-23(24-20-14-15-26-22-13-7-5-11-19(20)22)16-27-21-12-6-4-10-18(21)17-8-2-1-3-9-17/h1-13,20H,14-16H2,(H,24,25). The Labute approximate surface area is 158 Å². The van der Waals surface area contributed by atoms with Gasteiger partial charge >= 0.3 is 0 Å². The van der Waals surface area contributed by atoms with E-state index in [4.69, 9.17) is 9.47 Å². The summed E-state index contributed by atoms with van der Waals surface area (Å²) in [5.74, 6) is 1.40. The van der Waals surface area contributed by atoms with E-state index >= 15 is 0 Å². The van der Waals surface area contributed by atoms with E-state index in [9.17, 15) is 4.79 Å². The molecule has 4 nitrogen and oxygen atoms in total. The largest absolute Gasteiger partial charge is 0.493 e. The summed E-state index contributed by atoms with van der Waals surface area (Å²) < 4.78 is 11.5. The van der Waals surface area contributed by atoms with Crippen LogP contribution in [0.15, 0.2) is 78.9 Å². The molecule has 3 aromatic carbocycles. The van der Waals surface area contributed by atoms with E-state index in [0.29, 0.717) is 12.4 Å². The van der Waals surface area contributed by atoms with Crippen molar-refractivity contribution in [3.8, 4) is 22.6 Å². The predicted octanol–water partition coefficient (Wildman–Crippen LogP) is 4.37. The molecule has 0 fully saturated rings. The van der Waals surface area contributed by atoms with Crippen LogP contribution in [-0.2, 0) is 4.79 Å². The third-order valence-corrected chi connectivity index (χ3v) is 4.62. The van der Waals surface area contributed by atoms with Gasteiger partial charge < -0.3 is 14.8 Å². The van der Waals surface area contributed by atoms with Gasteiger partial charge in [0.2, 0.25) is 0 Å². The average molecular weight is 359 g/mol. The van der Waals surface area contributed by atoms with Crippen molar-refractivity contribution in [2.45, 2.75) is 12.5 Å². The van der Waals surface area contributed by atoms with E-state index in [0.717, 1.165) is 28.9 Å². The second-order valence-electron chi connectivity index (χ2n) is 6.45. The molecule has 1 N–H and O–H groups in total. The molecule has 0 radical (unpaired) electrons. The normalized spacial score (nSPS) is 15.3. The molecular formula is C23H21NO3. The molecule has 1 aliphatic rings. The third kappa shape index (κ3) is 3.95. The fourth-order valence-electron chi connectivity index (χ4n) is 3.32. The lowest BCUT2D eigenvalue weighted by atomic mass is 10.0. The fourth-order valence-corrected chi connectivity index (χ4v) is 3.32. The molecule has 1 unspecified atom stereocenters. The highest BCUT2D eigenvalue weighted by Crippen LogP contribution is 2.32. The maximum absolute atomic E-state index is 12.5. The molecule has 4 heteroatoms. The number of hydrogen-bond donors (Lipinski definition) is 1. The number of nitrogens with one attached hydrogen (secondary N) is 1. The van der Waals surface area contributed by atoms with Crippen molar-refractivity contribution in [3.05, 3.63) is 84.4 Å². The smallest absolute Gasteiger partial charge is 0.258 e. The van der Waals surface area contributed by atoms with Crippen molar-refractivity contribution in [2.75, 3.05) is 13.2 Å². The Morgan fingerprint density at radius 2 is 1.70 bits per heavy atom. The molecule has 1 aliphatic heterocycles. The number of hydrogen-bond acceptors (Lipinski definition) is 3. The zero-order chi connectivity index (χ0) is 18.5. The highest BCUT2D eigenvalue weighted by molar-refractivity contribution is 5.79. The van der Waals surface area contributed by atoms with Gasteiger partial charge in [0, 0.05) is 17.5 Å². The van der Waals surface area contributed by atoms with Gasteiger partial charge in [0.1, 0.15) is 11.5 Å². The molecule has 1 amide bonds. The number of rotatable bonds is 5. The molecule has 136 valence electrons. The molecular weight excluding hydrogens is 338 g/mol. The lowest BCUT2D eigenvalue weighted by molar-refractivity contribution is -0.124. The van der Waals surface area contributed by atoms with Gasteiger partial charge in [0.25, 0.3) is 5.91 Å². The Morgan fingerprint density at radius 3 is 2.59 bits per heavy atom. The van der Waals surface area contributed by atoms with Gasteiger partial charge in [0.15, 0.2) is 6.61 Å². The first-order valence-corrected chi connectivity index (χ1v) is 9.09. The zero-order valence-electron chi connectivity index (χ0n) is 14.9. The third-order valence-electron chi connectivity index (χ3n) is 4.62. The molecule has 3 aromatic rings. The van der Waals surface area contributed by atoms with Crippen LogP contribution in [0.4, 0.5) is 0 Å². The van der Waals surface area contributed by atoms with Crippen LogP contribution in [0.2, 0.25) is 0 Å². The molecule has 0 bridgehead atoms. The SMILES string of the molecule is O=C(COc1ccccc1-c1ccccc1)NC1CCOc2ccccc21. The van der Waals surface area contributed by atoms with Gasteiger partial charge in [-0.2, -0.15) is 0 Å². The first-order valence-electron chi connectivity index (χ1n) is 9.09. The quantitative estimate of drug-likeness (QED) is 0.736. The number of carbonyl (C=O) groups excluding carboxylic acids is 1. The summed E-state index contributed by atoms with van der Waals surface area (Å²) >= 11 is 0. The molecule has 0 aliphatic carbocycles. The topological polar surface area (TPSA) is 47.6 Å². The molecule has 0 spiro atoms. The predicted molar refractivity (Wildman–Crippen MR) is 105 cm³/mol. The number of para-hydroxylation sites is 2. The van der Waals surface area contributed by atoms with Crippen LogP contribution in [0, 0.1) is 0 Å². The molecule has 4 rings (SSSR count). The Hall–Kier alpha value is -3.27. The lowest BCUT2D eigenvalue weighted by Crippen LogP contribution is -2.35.